The van der Waals surface area contributed by atoms with Crippen LogP contribution in [0.2, 0.25) is 0 Å². The third-order valence-corrected chi connectivity index (χ3v) is 3.58. The molecule has 0 aliphatic rings. The lowest BCUT2D eigenvalue weighted by atomic mass is 10.2. The van der Waals surface area contributed by atoms with Crippen molar-refractivity contribution in [3.63, 3.8) is 0 Å². The summed E-state index contributed by atoms with van der Waals surface area (Å²) in [6.45, 7) is 0. The number of aromatic nitrogens is 2. The molecule has 0 aliphatic carbocycles. The number of amides is 1. The van der Waals surface area contributed by atoms with Crippen LogP contribution in [-0.4, -0.2) is 16.4 Å². The Hall–Kier alpha value is -2.27. The molecule has 4 nitrogen and oxygen atoms in total. The first-order valence-corrected chi connectivity index (χ1v) is 6.19. The van der Waals surface area contributed by atoms with Crippen LogP contribution in [0.4, 0.5) is 5.69 Å². The molecule has 0 fully saturated rings. The second-order valence-corrected chi connectivity index (χ2v) is 4.74. The van der Waals surface area contributed by atoms with Gasteiger partial charge in [0.1, 0.15) is 5.01 Å². The predicted molar refractivity (Wildman–Crippen MR) is 72.5 cm³/mol. The molecule has 3 aromatic rings. The monoisotopic (exact) mass is 255 g/mol. The van der Waals surface area contributed by atoms with Gasteiger partial charge in [-0.25, -0.2) is 4.98 Å². The maximum Gasteiger partial charge on any atom is 0.211 e. The Bertz CT molecular complexity index is 675. The number of hydrogen-bond acceptors (Lipinski definition) is 4. The van der Waals surface area contributed by atoms with Crippen molar-refractivity contribution < 1.29 is 4.79 Å². The summed E-state index contributed by atoms with van der Waals surface area (Å²) in [5.74, 6) is 0. The number of nitrogens with zero attached hydrogens (tertiary/aromatic N) is 2. The van der Waals surface area contributed by atoms with Gasteiger partial charge in [-0.2, -0.15) is 0 Å². The summed E-state index contributed by atoms with van der Waals surface area (Å²) in [4.78, 5) is 19.1. The molecule has 0 unspecified atom stereocenters. The number of anilines is 1. The molecule has 3 rings (SSSR count). The molecule has 0 bridgehead atoms. The van der Waals surface area contributed by atoms with Crippen molar-refractivity contribution in [3.8, 4) is 10.6 Å². The van der Waals surface area contributed by atoms with E-state index in [1.54, 1.807) is 17.5 Å². The number of hydrogen-bond donors (Lipinski definition) is 1. The van der Waals surface area contributed by atoms with Gasteiger partial charge in [-0.1, -0.05) is 12.1 Å². The van der Waals surface area contributed by atoms with Crippen LogP contribution in [0.25, 0.3) is 20.8 Å². The minimum Gasteiger partial charge on any atom is -0.329 e. The number of carbonyl (C=O) groups is 1. The van der Waals surface area contributed by atoms with Gasteiger partial charge < -0.3 is 5.32 Å². The van der Waals surface area contributed by atoms with E-state index in [9.17, 15) is 4.79 Å². The van der Waals surface area contributed by atoms with E-state index in [-0.39, 0.29) is 0 Å². The van der Waals surface area contributed by atoms with Gasteiger partial charge in [0.15, 0.2) is 0 Å². The number of nitrogens with one attached hydrogen (secondary N) is 1. The first-order chi connectivity index (χ1) is 8.86. The number of fused-ring (bicyclic) bond motifs is 1. The largest absolute Gasteiger partial charge is 0.329 e. The van der Waals surface area contributed by atoms with E-state index in [1.807, 2.05) is 36.5 Å². The molecule has 0 aliphatic heterocycles. The van der Waals surface area contributed by atoms with Gasteiger partial charge in [0.2, 0.25) is 6.41 Å². The summed E-state index contributed by atoms with van der Waals surface area (Å²) in [5.41, 5.74) is 2.70. The molecule has 0 saturated heterocycles. The molecule has 0 spiro atoms. The van der Waals surface area contributed by atoms with E-state index >= 15 is 0 Å². The molecule has 1 amide bonds. The summed E-state index contributed by atoms with van der Waals surface area (Å²) < 4.78 is 1.06. The lowest BCUT2D eigenvalue weighted by Gasteiger charge is -2.00. The van der Waals surface area contributed by atoms with Gasteiger partial charge >= 0.3 is 0 Å². The lowest BCUT2D eigenvalue weighted by Crippen LogP contribution is -1.93. The fourth-order valence-corrected chi connectivity index (χ4v) is 2.64. The van der Waals surface area contributed by atoms with Crippen LogP contribution in [0.5, 0.6) is 0 Å². The van der Waals surface area contributed by atoms with Crippen molar-refractivity contribution in [3.05, 3.63) is 42.7 Å². The zero-order chi connectivity index (χ0) is 12.4. The molecule has 1 N–H and O–H groups in total. The molecule has 0 saturated carbocycles. The van der Waals surface area contributed by atoms with Crippen molar-refractivity contribution >= 4 is 33.7 Å². The van der Waals surface area contributed by atoms with E-state index in [2.05, 4.69) is 15.3 Å². The summed E-state index contributed by atoms with van der Waals surface area (Å²) in [7, 11) is 0. The summed E-state index contributed by atoms with van der Waals surface area (Å²) >= 11 is 1.59. The van der Waals surface area contributed by atoms with Gasteiger partial charge in [0.05, 0.1) is 10.2 Å². The normalized spacial score (nSPS) is 10.4. The number of carbonyl (C=O) groups excluding carboxylic acids is 1. The number of benzene rings is 1. The van der Waals surface area contributed by atoms with Gasteiger partial charge in [0.25, 0.3) is 0 Å². The molecule has 18 heavy (non-hydrogen) atoms. The molecule has 2 heterocycles. The highest BCUT2D eigenvalue weighted by atomic mass is 32.1. The zero-order valence-electron chi connectivity index (χ0n) is 9.33. The fraction of sp³-hybridized carbons (Fsp3) is 0. The van der Waals surface area contributed by atoms with E-state index in [0.29, 0.717) is 6.41 Å². The summed E-state index contributed by atoms with van der Waals surface area (Å²) in [6, 6.07) is 9.50. The molecular formula is C13H9N3OS. The van der Waals surface area contributed by atoms with Crippen molar-refractivity contribution in [2.24, 2.45) is 0 Å². The Morgan fingerprint density at radius 3 is 3.06 bits per heavy atom. The van der Waals surface area contributed by atoms with Crippen LogP contribution in [-0.2, 0) is 4.79 Å². The van der Waals surface area contributed by atoms with E-state index in [4.69, 9.17) is 0 Å². The highest BCUT2D eigenvalue weighted by Gasteiger charge is 2.06. The topological polar surface area (TPSA) is 54.9 Å². The fourth-order valence-electron chi connectivity index (χ4n) is 1.71. The molecule has 0 atom stereocenters. The molecular weight excluding hydrogens is 246 g/mol. The van der Waals surface area contributed by atoms with Crippen LogP contribution < -0.4 is 5.32 Å². The highest BCUT2D eigenvalue weighted by molar-refractivity contribution is 7.21. The van der Waals surface area contributed by atoms with Crippen LogP contribution in [0.3, 0.4) is 0 Å². The molecule has 0 radical (unpaired) electrons. The molecule has 5 heteroatoms. The summed E-state index contributed by atoms with van der Waals surface area (Å²) in [5, 5.41) is 3.56. The van der Waals surface area contributed by atoms with Crippen molar-refractivity contribution in [1.29, 1.82) is 0 Å². The van der Waals surface area contributed by atoms with E-state index in [0.717, 1.165) is 26.5 Å². The zero-order valence-corrected chi connectivity index (χ0v) is 10.1. The summed E-state index contributed by atoms with van der Waals surface area (Å²) in [6.07, 6.45) is 4.21. The van der Waals surface area contributed by atoms with Crippen molar-refractivity contribution in [2.45, 2.75) is 0 Å². The average Bonchev–Trinajstić information content (AvgIpc) is 2.83. The Morgan fingerprint density at radius 1 is 1.28 bits per heavy atom. The van der Waals surface area contributed by atoms with E-state index < -0.39 is 0 Å². The molecule has 88 valence electrons. The molecule has 2 aromatic heterocycles. The van der Waals surface area contributed by atoms with Gasteiger partial charge in [-0.3, -0.25) is 9.78 Å². The van der Waals surface area contributed by atoms with E-state index in [1.165, 1.54) is 0 Å². The Labute approximate surface area is 107 Å². The quantitative estimate of drug-likeness (QED) is 0.732. The number of thiazole rings is 1. The molecule has 1 aromatic carbocycles. The number of pyridine rings is 1. The smallest absolute Gasteiger partial charge is 0.211 e. The lowest BCUT2D eigenvalue weighted by molar-refractivity contribution is -0.105. The maximum absolute atomic E-state index is 10.4. The van der Waals surface area contributed by atoms with Gasteiger partial charge in [-0.05, 0) is 18.2 Å². The maximum atomic E-state index is 10.4. The van der Waals surface area contributed by atoms with Crippen molar-refractivity contribution in [2.75, 3.05) is 5.32 Å². The first kappa shape index (κ1) is 10.9. The average molecular weight is 255 g/mol. The second-order valence-electron chi connectivity index (χ2n) is 3.71. The standard InChI is InChI=1S/C13H9N3OS/c17-8-15-10-3-1-2-9(6-10)13-16-11-4-5-14-7-12(11)18-13/h1-8H,(H,15,17). The Balaban J connectivity index is 2.08. The Kier molecular flexibility index (Phi) is 2.74. The third-order valence-electron chi connectivity index (χ3n) is 2.53. The highest BCUT2D eigenvalue weighted by Crippen LogP contribution is 2.30. The third kappa shape index (κ3) is 1.96. The SMILES string of the molecule is O=CNc1cccc(-c2nc3ccncc3s2)c1. The Morgan fingerprint density at radius 2 is 2.22 bits per heavy atom. The minimum atomic E-state index is 0.668. The second kappa shape index (κ2) is 4.54. The van der Waals surface area contributed by atoms with Crippen LogP contribution in [0.1, 0.15) is 0 Å². The number of rotatable bonds is 3. The minimum absolute atomic E-state index is 0.668. The predicted octanol–water partition coefficient (Wildman–Crippen LogP) is 2.93. The van der Waals surface area contributed by atoms with Crippen LogP contribution >= 0.6 is 11.3 Å². The van der Waals surface area contributed by atoms with Crippen molar-refractivity contribution in [1.82, 2.24) is 9.97 Å². The van der Waals surface area contributed by atoms with Crippen LogP contribution in [0.15, 0.2) is 42.7 Å². The first-order valence-electron chi connectivity index (χ1n) is 5.38. The van der Waals surface area contributed by atoms with Gasteiger partial charge in [0, 0.05) is 23.6 Å². The van der Waals surface area contributed by atoms with Gasteiger partial charge in [-0.15, -0.1) is 11.3 Å². The van der Waals surface area contributed by atoms with Crippen LogP contribution in [0, 0.1) is 0 Å².